The predicted molar refractivity (Wildman–Crippen MR) is 86.4 cm³/mol. The maximum absolute atomic E-state index is 11.4. The van der Waals surface area contributed by atoms with Crippen molar-refractivity contribution in [2.45, 2.75) is 71.6 Å². The fourth-order valence-electron chi connectivity index (χ4n) is 2.16. The van der Waals surface area contributed by atoms with E-state index in [1.807, 2.05) is 0 Å². The molecule has 0 aromatic carbocycles. The van der Waals surface area contributed by atoms with Gasteiger partial charge >= 0.3 is 7.60 Å². The van der Waals surface area contributed by atoms with Crippen LogP contribution in [0.25, 0.3) is 0 Å². The molecular formula is C15H34NO3P. The summed E-state index contributed by atoms with van der Waals surface area (Å²) in [4.78, 5) is 9.40. The summed E-state index contributed by atoms with van der Waals surface area (Å²) < 4.78 is 16.2. The standard InChI is InChI=1S/C15H34NO3P/c1-3-5-6-7-10-13-16-14-11-8-9-12-15-20(17,18)19-4-2/h16H,3-15H2,1-2H3,(H,17,18). The number of hydrogen-bond donors (Lipinski definition) is 2. The molecule has 0 heterocycles. The summed E-state index contributed by atoms with van der Waals surface area (Å²) in [6.07, 6.45) is 11.0. The van der Waals surface area contributed by atoms with Crippen molar-refractivity contribution in [2.24, 2.45) is 0 Å². The lowest BCUT2D eigenvalue weighted by molar-refractivity contribution is 0.272. The Morgan fingerprint density at radius 3 is 2.00 bits per heavy atom. The Bertz CT molecular complexity index is 249. The number of unbranched alkanes of at least 4 members (excludes halogenated alkanes) is 7. The molecule has 122 valence electrons. The highest BCUT2D eigenvalue weighted by molar-refractivity contribution is 7.52. The van der Waals surface area contributed by atoms with Gasteiger partial charge in [-0.05, 0) is 39.3 Å². The van der Waals surface area contributed by atoms with Crippen LogP contribution in [0.2, 0.25) is 0 Å². The third kappa shape index (κ3) is 14.5. The van der Waals surface area contributed by atoms with Crippen molar-refractivity contribution in [3.8, 4) is 0 Å². The molecule has 0 aliphatic heterocycles. The molecule has 0 spiro atoms. The first kappa shape index (κ1) is 20.1. The zero-order valence-corrected chi connectivity index (χ0v) is 14.3. The molecule has 1 atom stereocenters. The monoisotopic (exact) mass is 307 g/mol. The van der Waals surface area contributed by atoms with Gasteiger partial charge in [-0.15, -0.1) is 0 Å². The second-order valence-electron chi connectivity index (χ2n) is 5.36. The van der Waals surface area contributed by atoms with E-state index < -0.39 is 7.60 Å². The minimum absolute atomic E-state index is 0.297. The van der Waals surface area contributed by atoms with Gasteiger partial charge < -0.3 is 14.7 Å². The molecule has 2 N–H and O–H groups in total. The molecule has 0 aromatic heterocycles. The minimum Gasteiger partial charge on any atom is -0.324 e. The number of hydrogen-bond acceptors (Lipinski definition) is 3. The number of nitrogens with one attached hydrogen (secondary N) is 1. The van der Waals surface area contributed by atoms with Crippen molar-refractivity contribution in [3.63, 3.8) is 0 Å². The van der Waals surface area contributed by atoms with Crippen molar-refractivity contribution in [1.82, 2.24) is 5.32 Å². The van der Waals surface area contributed by atoms with Crippen LogP contribution in [0.1, 0.15) is 71.6 Å². The van der Waals surface area contributed by atoms with Gasteiger partial charge in [0.25, 0.3) is 0 Å². The maximum Gasteiger partial charge on any atom is 0.328 e. The molecule has 0 aliphatic carbocycles. The SMILES string of the molecule is CCCCCCCNCCCCCCP(=O)(O)OCC. The van der Waals surface area contributed by atoms with Gasteiger partial charge in [-0.3, -0.25) is 4.57 Å². The molecule has 0 saturated carbocycles. The van der Waals surface area contributed by atoms with E-state index in [4.69, 9.17) is 4.52 Å². The van der Waals surface area contributed by atoms with E-state index in [9.17, 15) is 9.46 Å². The highest BCUT2D eigenvalue weighted by atomic mass is 31.2. The van der Waals surface area contributed by atoms with Crippen LogP contribution in [-0.2, 0) is 9.09 Å². The van der Waals surface area contributed by atoms with E-state index >= 15 is 0 Å². The normalized spacial score (nSPS) is 14.3. The van der Waals surface area contributed by atoms with Crippen molar-refractivity contribution in [2.75, 3.05) is 25.9 Å². The van der Waals surface area contributed by atoms with Crippen LogP contribution in [0.3, 0.4) is 0 Å². The molecule has 0 bridgehead atoms. The van der Waals surface area contributed by atoms with Crippen molar-refractivity contribution >= 4 is 7.60 Å². The van der Waals surface area contributed by atoms with Gasteiger partial charge in [0.15, 0.2) is 0 Å². The van der Waals surface area contributed by atoms with Gasteiger partial charge in [0.1, 0.15) is 0 Å². The van der Waals surface area contributed by atoms with Gasteiger partial charge in [-0.1, -0.05) is 45.4 Å². The Morgan fingerprint density at radius 1 is 0.900 bits per heavy atom. The van der Waals surface area contributed by atoms with Gasteiger partial charge in [0, 0.05) is 6.16 Å². The van der Waals surface area contributed by atoms with Crippen LogP contribution < -0.4 is 5.32 Å². The second-order valence-corrected chi connectivity index (χ2v) is 7.34. The Labute approximate surface area is 125 Å². The summed E-state index contributed by atoms with van der Waals surface area (Å²) in [6.45, 7) is 6.49. The van der Waals surface area contributed by atoms with E-state index in [-0.39, 0.29) is 0 Å². The molecule has 0 rings (SSSR count). The smallest absolute Gasteiger partial charge is 0.324 e. The Morgan fingerprint density at radius 2 is 1.45 bits per heavy atom. The first-order chi connectivity index (χ1) is 9.62. The van der Waals surface area contributed by atoms with Gasteiger partial charge in [-0.25, -0.2) is 0 Å². The highest BCUT2D eigenvalue weighted by Gasteiger charge is 2.16. The molecule has 0 saturated heterocycles. The Kier molecular flexibility index (Phi) is 14.1. The Hall–Kier alpha value is 0.110. The zero-order chi connectivity index (χ0) is 15.1. The lowest BCUT2D eigenvalue weighted by Gasteiger charge is -2.10. The molecule has 1 unspecified atom stereocenters. The minimum atomic E-state index is -3.29. The molecule has 0 radical (unpaired) electrons. The third-order valence-electron chi connectivity index (χ3n) is 3.33. The van der Waals surface area contributed by atoms with Crippen LogP contribution in [-0.4, -0.2) is 30.8 Å². The first-order valence-corrected chi connectivity index (χ1v) is 10.1. The number of rotatable bonds is 15. The van der Waals surface area contributed by atoms with E-state index in [1.165, 1.54) is 32.1 Å². The maximum atomic E-state index is 11.4. The van der Waals surface area contributed by atoms with Gasteiger partial charge in [0.05, 0.1) is 6.61 Å². The molecule has 4 nitrogen and oxygen atoms in total. The average molecular weight is 307 g/mol. The summed E-state index contributed by atoms with van der Waals surface area (Å²) in [5, 5.41) is 3.46. The fourth-order valence-corrected chi connectivity index (χ4v) is 3.32. The largest absolute Gasteiger partial charge is 0.328 e. The van der Waals surface area contributed by atoms with E-state index in [2.05, 4.69) is 12.2 Å². The summed E-state index contributed by atoms with van der Waals surface area (Å²) in [7, 11) is -3.29. The Balaban J connectivity index is 3.15. The van der Waals surface area contributed by atoms with Crippen LogP contribution in [0.4, 0.5) is 0 Å². The summed E-state index contributed by atoms with van der Waals surface area (Å²) >= 11 is 0. The van der Waals surface area contributed by atoms with Crippen molar-refractivity contribution in [1.29, 1.82) is 0 Å². The van der Waals surface area contributed by atoms with Crippen LogP contribution >= 0.6 is 7.60 Å². The molecule has 0 fully saturated rings. The molecule has 0 amide bonds. The van der Waals surface area contributed by atoms with Gasteiger partial charge in [-0.2, -0.15) is 0 Å². The predicted octanol–water partition coefficient (Wildman–Crippen LogP) is 4.33. The average Bonchev–Trinajstić information content (AvgIpc) is 2.40. The highest BCUT2D eigenvalue weighted by Crippen LogP contribution is 2.42. The van der Waals surface area contributed by atoms with Crippen LogP contribution in [0.15, 0.2) is 0 Å². The van der Waals surface area contributed by atoms with Crippen molar-refractivity contribution in [3.05, 3.63) is 0 Å². The van der Waals surface area contributed by atoms with E-state index in [1.54, 1.807) is 6.92 Å². The second kappa shape index (κ2) is 14.1. The molecule has 0 aromatic rings. The fraction of sp³-hybridized carbons (Fsp3) is 1.00. The topological polar surface area (TPSA) is 58.6 Å². The lowest BCUT2D eigenvalue weighted by Crippen LogP contribution is -2.16. The molecule has 5 heteroatoms. The van der Waals surface area contributed by atoms with Crippen LogP contribution in [0, 0.1) is 0 Å². The molecule has 20 heavy (non-hydrogen) atoms. The zero-order valence-electron chi connectivity index (χ0n) is 13.4. The third-order valence-corrected chi connectivity index (χ3v) is 4.88. The van der Waals surface area contributed by atoms with E-state index in [0.29, 0.717) is 12.8 Å². The summed E-state index contributed by atoms with van der Waals surface area (Å²) in [6, 6.07) is 0. The molecular weight excluding hydrogens is 273 g/mol. The van der Waals surface area contributed by atoms with E-state index in [0.717, 1.165) is 38.8 Å². The van der Waals surface area contributed by atoms with Gasteiger partial charge in [0.2, 0.25) is 0 Å². The first-order valence-electron chi connectivity index (χ1n) is 8.29. The van der Waals surface area contributed by atoms with Crippen molar-refractivity contribution < 1.29 is 14.0 Å². The van der Waals surface area contributed by atoms with Crippen LogP contribution in [0.5, 0.6) is 0 Å². The summed E-state index contributed by atoms with van der Waals surface area (Å²) in [5.74, 6) is 0. The lowest BCUT2D eigenvalue weighted by atomic mass is 10.1. The summed E-state index contributed by atoms with van der Waals surface area (Å²) in [5.41, 5.74) is 0. The quantitative estimate of drug-likeness (QED) is 0.349. The molecule has 0 aliphatic rings.